The van der Waals surface area contributed by atoms with Crippen molar-refractivity contribution < 1.29 is 14.3 Å². The smallest absolute Gasteiger partial charge is 0.234 e. The molecule has 1 heterocycles. The van der Waals surface area contributed by atoms with E-state index in [1.54, 1.807) is 7.11 Å². The van der Waals surface area contributed by atoms with Crippen molar-refractivity contribution in [3.63, 3.8) is 0 Å². The second-order valence-electron chi connectivity index (χ2n) is 5.14. The minimum atomic E-state index is 0.0589. The van der Waals surface area contributed by atoms with Crippen molar-refractivity contribution in [3.05, 3.63) is 0 Å². The van der Waals surface area contributed by atoms with E-state index < -0.39 is 0 Å². The number of carbonyl (C=O) groups is 1. The molecule has 0 aromatic heterocycles. The lowest BCUT2D eigenvalue weighted by Crippen LogP contribution is -2.47. The number of amides is 1. The van der Waals surface area contributed by atoms with Gasteiger partial charge in [0.05, 0.1) is 13.2 Å². The van der Waals surface area contributed by atoms with Crippen molar-refractivity contribution >= 4 is 5.91 Å². The maximum Gasteiger partial charge on any atom is 0.234 e. The molecule has 18 heavy (non-hydrogen) atoms. The van der Waals surface area contributed by atoms with Crippen molar-refractivity contribution in [2.24, 2.45) is 5.92 Å². The summed E-state index contributed by atoms with van der Waals surface area (Å²) in [6, 6.07) is 0.489. The van der Waals surface area contributed by atoms with Crippen LogP contribution in [0.4, 0.5) is 0 Å². The first-order valence-corrected chi connectivity index (χ1v) is 6.73. The van der Waals surface area contributed by atoms with E-state index >= 15 is 0 Å². The predicted molar refractivity (Wildman–Crippen MR) is 70.5 cm³/mol. The third kappa shape index (κ3) is 5.80. The molecule has 0 saturated carbocycles. The van der Waals surface area contributed by atoms with E-state index in [-0.39, 0.29) is 18.0 Å². The quantitative estimate of drug-likeness (QED) is 0.700. The summed E-state index contributed by atoms with van der Waals surface area (Å²) in [5, 5.41) is 6.27. The largest absolute Gasteiger partial charge is 0.383 e. The highest BCUT2D eigenvalue weighted by molar-refractivity contribution is 5.78. The third-order valence-corrected chi connectivity index (χ3v) is 3.26. The number of methoxy groups -OCH3 is 1. The summed E-state index contributed by atoms with van der Waals surface area (Å²) in [4.78, 5) is 11.8. The van der Waals surface area contributed by atoms with E-state index in [1.807, 2.05) is 0 Å². The SMILES string of the molecule is COCC(NCC(=O)NC1CCOCC1)C(C)C. The van der Waals surface area contributed by atoms with Gasteiger partial charge in [0.1, 0.15) is 0 Å². The van der Waals surface area contributed by atoms with Gasteiger partial charge in [-0.15, -0.1) is 0 Å². The number of rotatable bonds is 7. The Morgan fingerprint density at radius 2 is 2.06 bits per heavy atom. The fraction of sp³-hybridized carbons (Fsp3) is 0.923. The Morgan fingerprint density at radius 1 is 1.39 bits per heavy atom. The molecule has 5 heteroatoms. The van der Waals surface area contributed by atoms with E-state index in [0.717, 1.165) is 26.1 Å². The zero-order valence-electron chi connectivity index (χ0n) is 11.7. The maximum atomic E-state index is 11.8. The standard InChI is InChI=1S/C13H26N2O3/c1-10(2)12(9-17-3)14-8-13(16)15-11-4-6-18-7-5-11/h10-12,14H,4-9H2,1-3H3,(H,15,16). The number of hydrogen-bond donors (Lipinski definition) is 2. The molecule has 5 nitrogen and oxygen atoms in total. The molecule has 0 spiro atoms. The lowest BCUT2D eigenvalue weighted by atomic mass is 10.1. The summed E-state index contributed by atoms with van der Waals surface area (Å²) >= 11 is 0. The Balaban J connectivity index is 2.21. The summed E-state index contributed by atoms with van der Waals surface area (Å²) in [6.07, 6.45) is 1.83. The van der Waals surface area contributed by atoms with E-state index in [2.05, 4.69) is 24.5 Å². The average Bonchev–Trinajstić information content (AvgIpc) is 2.35. The van der Waals surface area contributed by atoms with Crippen molar-refractivity contribution in [1.29, 1.82) is 0 Å². The first-order valence-electron chi connectivity index (χ1n) is 6.73. The first-order chi connectivity index (χ1) is 8.63. The molecule has 1 rings (SSSR count). The number of ether oxygens (including phenoxy) is 2. The van der Waals surface area contributed by atoms with Crippen LogP contribution in [0.5, 0.6) is 0 Å². The molecule has 0 aliphatic carbocycles. The number of carbonyl (C=O) groups excluding carboxylic acids is 1. The van der Waals surface area contributed by atoms with E-state index in [9.17, 15) is 4.79 Å². The molecular weight excluding hydrogens is 232 g/mol. The lowest BCUT2D eigenvalue weighted by Gasteiger charge is -2.25. The highest BCUT2D eigenvalue weighted by Gasteiger charge is 2.18. The molecule has 1 unspecified atom stereocenters. The van der Waals surface area contributed by atoms with Crippen LogP contribution in [-0.2, 0) is 14.3 Å². The van der Waals surface area contributed by atoms with Crippen molar-refractivity contribution in [1.82, 2.24) is 10.6 Å². The normalized spacial score (nSPS) is 18.9. The van der Waals surface area contributed by atoms with Gasteiger partial charge >= 0.3 is 0 Å². The molecule has 1 amide bonds. The molecule has 106 valence electrons. The van der Waals surface area contributed by atoms with Crippen LogP contribution in [0.25, 0.3) is 0 Å². The van der Waals surface area contributed by atoms with Crippen LogP contribution in [0, 0.1) is 5.92 Å². The molecule has 1 aliphatic rings. The van der Waals surface area contributed by atoms with E-state index in [0.29, 0.717) is 19.1 Å². The zero-order valence-corrected chi connectivity index (χ0v) is 11.7. The minimum absolute atomic E-state index is 0.0589. The molecule has 1 saturated heterocycles. The van der Waals surface area contributed by atoms with Gasteiger partial charge in [-0.3, -0.25) is 4.79 Å². The van der Waals surface area contributed by atoms with Gasteiger partial charge in [0.2, 0.25) is 5.91 Å². The number of nitrogens with one attached hydrogen (secondary N) is 2. The Bertz CT molecular complexity index is 240. The van der Waals surface area contributed by atoms with Gasteiger partial charge in [0.25, 0.3) is 0 Å². The van der Waals surface area contributed by atoms with Crippen LogP contribution < -0.4 is 10.6 Å². The third-order valence-electron chi connectivity index (χ3n) is 3.26. The van der Waals surface area contributed by atoms with Gasteiger partial charge in [-0.2, -0.15) is 0 Å². The average molecular weight is 258 g/mol. The molecule has 1 atom stereocenters. The minimum Gasteiger partial charge on any atom is -0.383 e. The first kappa shape index (κ1) is 15.4. The van der Waals surface area contributed by atoms with Crippen molar-refractivity contribution in [2.45, 2.75) is 38.8 Å². The summed E-state index contributed by atoms with van der Waals surface area (Å²) in [6.45, 7) is 6.71. The van der Waals surface area contributed by atoms with Crippen LogP contribution in [0.3, 0.4) is 0 Å². The van der Waals surface area contributed by atoms with E-state index in [1.165, 1.54) is 0 Å². The molecule has 1 aliphatic heterocycles. The highest BCUT2D eigenvalue weighted by Crippen LogP contribution is 2.06. The van der Waals surface area contributed by atoms with Crippen LogP contribution >= 0.6 is 0 Å². The lowest BCUT2D eigenvalue weighted by molar-refractivity contribution is -0.121. The predicted octanol–water partition coefficient (Wildman–Crippen LogP) is 0.542. The zero-order chi connectivity index (χ0) is 13.4. The fourth-order valence-corrected chi connectivity index (χ4v) is 2.01. The van der Waals surface area contributed by atoms with Gasteiger partial charge < -0.3 is 20.1 Å². The van der Waals surface area contributed by atoms with Crippen LogP contribution in [0.15, 0.2) is 0 Å². The van der Waals surface area contributed by atoms with Gasteiger partial charge in [-0.1, -0.05) is 13.8 Å². The Kier molecular flexibility index (Phi) is 7.23. The van der Waals surface area contributed by atoms with Gasteiger partial charge in [-0.05, 0) is 18.8 Å². The topological polar surface area (TPSA) is 59.6 Å². The Morgan fingerprint density at radius 3 is 2.61 bits per heavy atom. The van der Waals surface area contributed by atoms with Crippen LogP contribution in [0.2, 0.25) is 0 Å². The molecular formula is C13H26N2O3. The molecule has 0 aromatic rings. The van der Waals surface area contributed by atoms with Crippen LogP contribution in [0.1, 0.15) is 26.7 Å². The highest BCUT2D eigenvalue weighted by atomic mass is 16.5. The van der Waals surface area contributed by atoms with Crippen molar-refractivity contribution in [3.8, 4) is 0 Å². The monoisotopic (exact) mass is 258 g/mol. The molecule has 0 radical (unpaired) electrons. The molecule has 1 fully saturated rings. The summed E-state index contributed by atoms with van der Waals surface area (Å²) in [5.74, 6) is 0.504. The second-order valence-corrected chi connectivity index (χ2v) is 5.14. The van der Waals surface area contributed by atoms with E-state index in [4.69, 9.17) is 9.47 Å². The second kappa shape index (κ2) is 8.45. The van der Waals surface area contributed by atoms with Crippen molar-refractivity contribution in [2.75, 3.05) is 33.5 Å². The van der Waals surface area contributed by atoms with Gasteiger partial charge in [-0.25, -0.2) is 0 Å². The molecule has 0 bridgehead atoms. The molecule has 0 aromatic carbocycles. The summed E-state index contributed by atoms with van der Waals surface area (Å²) in [7, 11) is 1.68. The summed E-state index contributed by atoms with van der Waals surface area (Å²) in [5.41, 5.74) is 0. The Hall–Kier alpha value is -0.650. The fourth-order valence-electron chi connectivity index (χ4n) is 2.01. The maximum absolute atomic E-state index is 11.8. The Labute approximate surface area is 110 Å². The number of hydrogen-bond acceptors (Lipinski definition) is 4. The van der Waals surface area contributed by atoms with Crippen LogP contribution in [-0.4, -0.2) is 51.5 Å². The summed E-state index contributed by atoms with van der Waals surface area (Å²) < 4.78 is 10.4. The van der Waals surface area contributed by atoms with Gasteiger partial charge in [0, 0.05) is 32.4 Å². The molecule has 2 N–H and O–H groups in total. The van der Waals surface area contributed by atoms with Gasteiger partial charge in [0.15, 0.2) is 0 Å².